The number of fused-ring (bicyclic) bond motifs is 1. The molecule has 136 valence electrons. The molecule has 0 aliphatic carbocycles. The van der Waals surface area contributed by atoms with Crippen LogP contribution in [0, 0.1) is 6.92 Å². The van der Waals surface area contributed by atoms with Crippen LogP contribution < -0.4 is 10.5 Å². The van der Waals surface area contributed by atoms with Crippen LogP contribution in [-0.2, 0) is 11.3 Å². The van der Waals surface area contributed by atoms with Gasteiger partial charge in [-0.2, -0.15) is 0 Å². The molecule has 26 heavy (non-hydrogen) atoms. The lowest BCUT2D eigenvalue weighted by Crippen LogP contribution is -2.33. The lowest BCUT2D eigenvalue weighted by molar-refractivity contribution is -0.130. The molecule has 0 unspecified atom stereocenters. The van der Waals surface area contributed by atoms with E-state index in [-0.39, 0.29) is 12.5 Å². The first-order valence-electron chi connectivity index (χ1n) is 8.57. The van der Waals surface area contributed by atoms with Crippen molar-refractivity contribution in [1.29, 1.82) is 0 Å². The number of para-hydroxylation sites is 3. The summed E-state index contributed by atoms with van der Waals surface area (Å²) in [6.45, 7) is 3.04. The Morgan fingerprint density at radius 1 is 1.15 bits per heavy atom. The Hall–Kier alpha value is -3.02. The zero-order chi connectivity index (χ0) is 18.5. The standard InChI is InChI=1S/C20H22N2O4/c1-15-8-3-5-10-17(15)25-13-7-12-21(2)19(23)14-22-16-9-4-6-11-18(16)26-20(22)24/h3-6,8-11H,7,12-14H2,1-2H3. The van der Waals surface area contributed by atoms with Crippen LogP contribution in [0.5, 0.6) is 5.75 Å². The van der Waals surface area contributed by atoms with E-state index in [4.69, 9.17) is 9.15 Å². The highest BCUT2D eigenvalue weighted by atomic mass is 16.5. The molecule has 0 bridgehead atoms. The van der Waals surface area contributed by atoms with Gasteiger partial charge >= 0.3 is 5.76 Å². The van der Waals surface area contributed by atoms with Crippen LogP contribution in [0.3, 0.4) is 0 Å². The van der Waals surface area contributed by atoms with Crippen LogP contribution in [0.2, 0.25) is 0 Å². The van der Waals surface area contributed by atoms with Gasteiger partial charge < -0.3 is 14.1 Å². The molecule has 0 saturated heterocycles. The van der Waals surface area contributed by atoms with E-state index in [1.54, 1.807) is 30.1 Å². The predicted molar refractivity (Wildman–Crippen MR) is 99.4 cm³/mol. The molecule has 1 heterocycles. The van der Waals surface area contributed by atoms with Gasteiger partial charge in [0, 0.05) is 13.6 Å². The Morgan fingerprint density at radius 2 is 1.88 bits per heavy atom. The SMILES string of the molecule is Cc1ccccc1OCCCN(C)C(=O)Cn1c(=O)oc2ccccc21. The average Bonchev–Trinajstić information content (AvgIpc) is 2.95. The number of rotatable bonds is 7. The molecule has 0 radical (unpaired) electrons. The van der Waals surface area contributed by atoms with Gasteiger partial charge in [0.2, 0.25) is 5.91 Å². The summed E-state index contributed by atoms with van der Waals surface area (Å²) in [6.07, 6.45) is 0.706. The van der Waals surface area contributed by atoms with E-state index in [0.29, 0.717) is 30.7 Å². The highest BCUT2D eigenvalue weighted by Gasteiger charge is 2.15. The van der Waals surface area contributed by atoms with E-state index in [1.165, 1.54) is 4.57 Å². The number of hydrogen-bond donors (Lipinski definition) is 0. The maximum Gasteiger partial charge on any atom is 0.420 e. The number of benzene rings is 2. The molecular formula is C20H22N2O4. The van der Waals surface area contributed by atoms with Crippen molar-refractivity contribution in [2.24, 2.45) is 0 Å². The second-order valence-electron chi connectivity index (χ2n) is 6.20. The molecule has 0 N–H and O–H groups in total. The lowest BCUT2D eigenvalue weighted by atomic mass is 10.2. The van der Waals surface area contributed by atoms with Gasteiger partial charge in [0.15, 0.2) is 5.58 Å². The van der Waals surface area contributed by atoms with Crippen molar-refractivity contribution >= 4 is 17.0 Å². The Balaban J connectivity index is 1.52. The quantitative estimate of drug-likeness (QED) is 0.612. The van der Waals surface area contributed by atoms with Crippen molar-refractivity contribution < 1.29 is 13.9 Å². The van der Waals surface area contributed by atoms with Crippen molar-refractivity contribution in [1.82, 2.24) is 9.47 Å². The zero-order valence-corrected chi connectivity index (χ0v) is 15.0. The summed E-state index contributed by atoms with van der Waals surface area (Å²) in [6, 6.07) is 14.9. The van der Waals surface area contributed by atoms with E-state index in [1.807, 2.05) is 37.3 Å². The molecule has 3 aromatic rings. The summed E-state index contributed by atoms with van der Waals surface area (Å²) in [4.78, 5) is 26.0. The molecule has 2 aromatic carbocycles. The number of amides is 1. The maximum atomic E-state index is 12.4. The van der Waals surface area contributed by atoms with E-state index >= 15 is 0 Å². The molecular weight excluding hydrogens is 332 g/mol. The number of nitrogens with zero attached hydrogens (tertiary/aromatic N) is 2. The number of hydrogen-bond acceptors (Lipinski definition) is 4. The van der Waals surface area contributed by atoms with E-state index in [2.05, 4.69) is 0 Å². The molecule has 3 rings (SSSR count). The van der Waals surface area contributed by atoms with Gasteiger partial charge in [0.25, 0.3) is 0 Å². The lowest BCUT2D eigenvalue weighted by Gasteiger charge is -2.17. The molecule has 0 saturated carbocycles. The van der Waals surface area contributed by atoms with Crippen LogP contribution >= 0.6 is 0 Å². The van der Waals surface area contributed by atoms with Gasteiger partial charge in [-0.3, -0.25) is 9.36 Å². The smallest absolute Gasteiger partial charge is 0.420 e. The number of carbonyl (C=O) groups excluding carboxylic acids is 1. The summed E-state index contributed by atoms with van der Waals surface area (Å²) in [5, 5.41) is 0. The monoisotopic (exact) mass is 354 g/mol. The number of aromatic nitrogens is 1. The Morgan fingerprint density at radius 3 is 2.69 bits per heavy atom. The van der Waals surface area contributed by atoms with Gasteiger partial charge in [-0.1, -0.05) is 30.3 Å². The molecule has 0 fully saturated rings. The topological polar surface area (TPSA) is 64.7 Å². The van der Waals surface area contributed by atoms with Crippen molar-refractivity contribution in [3.05, 3.63) is 64.6 Å². The van der Waals surface area contributed by atoms with Crippen LogP contribution in [0.15, 0.2) is 57.7 Å². The van der Waals surface area contributed by atoms with Crippen LogP contribution in [0.4, 0.5) is 0 Å². The first kappa shape index (κ1) is 17.8. The van der Waals surface area contributed by atoms with Crippen molar-refractivity contribution in [3.63, 3.8) is 0 Å². The number of oxazole rings is 1. The van der Waals surface area contributed by atoms with Crippen LogP contribution in [0.25, 0.3) is 11.1 Å². The number of ether oxygens (including phenoxy) is 1. The second kappa shape index (κ2) is 7.91. The van der Waals surface area contributed by atoms with Gasteiger partial charge in [-0.15, -0.1) is 0 Å². The fraction of sp³-hybridized carbons (Fsp3) is 0.300. The van der Waals surface area contributed by atoms with Crippen LogP contribution in [-0.4, -0.2) is 35.6 Å². The van der Waals surface area contributed by atoms with Gasteiger partial charge in [0.05, 0.1) is 12.1 Å². The fourth-order valence-electron chi connectivity index (χ4n) is 2.75. The highest BCUT2D eigenvalue weighted by molar-refractivity contribution is 5.79. The molecule has 6 heteroatoms. The van der Waals surface area contributed by atoms with Gasteiger partial charge in [-0.25, -0.2) is 4.79 Å². The van der Waals surface area contributed by atoms with E-state index in [0.717, 1.165) is 11.3 Å². The number of likely N-dealkylation sites (N-methyl/N-ethyl adjacent to an activating group) is 1. The zero-order valence-electron chi connectivity index (χ0n) is 15.0. The summed E-state index contributed by atoms with van der Waals surface area (Å²) >= 11 is 0. The minimum Gasteiger partial charge on any atom is -0.493 e. The minimum absolute atomic E-state index is 0.0367. The third-order valence-electron chi connectivity index (χ3n) is 4.28. The van der Waals surface area contributed by atoms with E-state index in [9.17, 15) is 9.59 Å². The summed E-state index contributed by atoms with van der Waals surface area (Å²) in [5.74, 6) is 0.197. The van der Waals surface area contributed by atoms with Gasteiger partial charge in [0.1, 0.15) is 12.3 Å². The maximum absolute atomic E-state index is 12.4. The predicted octanol–water partition coefficient (Wildman–Crippen LogP) is 2.83. The normalized spacial score (nSPS) is 10.8. The number of aryl methyl sites for hydroxylation is 1. The summed E-state index contributed by atoms with van der Waals surface area (Å²) < 4.78 is 12.3. The van der Waals surface area contributed by atoms with E-state index < -0.39 is 5.76 Å². The largest absolute Gasteiger partial charge is 0.493 e. The second-order valence-corrected chi connectivity index (χ2v) is 6.20. The Labute approximate surface area is 151 Å². The number of carbonyl (C=O) groups is 1. The average molecular weight is 354 g/mol. The first-order chi connectivity index (χ1) is 12.6. The first-order valence-corrected chi connectivity index (χ1v) is 8.57. The third kappa shape index (κ3) is 3.96. The Kier molecular flexibility index (Phi) is 5.41. The molecule has 0 atom stereocenters. The molecule has 0 aliphatic heterocycles. The summed E-state index contributed by atoms with van der Waals surface area (Å²) in [5.41, 5.74) is 2.20. The van der Waals surface area contributed by atoms with Crippen LogP contribution in [0.1, 0.15) is 12.0 Å². The Bertz CT molecular complexity index is 958. The highest BCUT2D eigenvalue weighted by Crippen LogP contribution is 2.16. The summed E-state index contributed by atoms with van der Waals surface area (Å²) in [7, 11) is 1.73. The molecule has 1 amide bonds. The molecule has 0 aliphatic rings. The molecule has 6 nitrogen and oxygen atoms in total. The van der Waals surface area contributed by atoms with Crippen molar-refractivity contribution in [2.75, 3.05) is 20.2 Å². The third-order valence-corrected chi connectivity index (χ3v) is 4.28. The molecule has 0 spiro atoms. The fourth-order valence-corrected chi connectivity index (χ4v) is 2.75. The minimum atomic E-state index is -0.518. The molecule has 1 aromatic heterocycles. The van der Waals surface area contributed by atoms with Crippen molar-refractivity contribution in [3.8, 4) is 5.75 Å². The van der Waals surface area contributed by atoms with Crippen molar-refractivity contribution in [2.45, 2.75) is 19.9 Å². The van der Waals surface area contributed by atoms with Gasteiger partial charge in [-0.05, 0) is 37.1 Å².